The predicted octanol–water partition coefficient (Wildman–Crippen LogP) is 5.52. The first-order valence-corrected chi connectivity index (χ1v) is 11.4. The molecule has 0 atom stereocenters. The van der Waals surface area contributed by atoms with E-state index in [0.717, 1.165) is 38.8 Å². The molecule has 0 N–H and O–H groups in total. The lowest BCUT2D eigenvalue weighted by molar-refractivity contribution is -0.140. The molecule has 164 valence electrons. The zero-order valence-corrected chi connectivity index (χ0v) is 19.2. The van der Waals surface area contributed by atoms with E-state index in [0.29, 0.717) is 16.7 Å². The number of carbonyl (C=O) groups is 3. The summed E-state index contributed by atoms with van der Waals surface area (Å²) in [4.78, 5) is 42.6. The lowest BCUT2D eigenvalue weighted by Crippen LogP contribution is -2.05. The first-order chi connectivity index (χ1) is 15.9. The van der Waals surface area contributed by atoms with Gasteiger partial charge in [-0.3, -0.25) is 9.59 Å². The van der Waals surface area contributed by atoms with Crippen LogP contribution in [0.2, 0.25) is 0 Å². The van der Waals surface area contributed by atoms with Crippen LogP contribution in [0.4, 0.5) is 0 Å². The number of benzene rings is 3. The largest absolute Gasteiger partial charge is 0.341 e. The SMILES string of the molecule is CCn1c2ccc(C(=O)c3ccccc3C)cc2c2cc3c(cc21)S/C(=N\OC(C)=O)C3=O. The fourth-order valence-electron chi connectivity index (χ4n) is 4.28. The number of Topliss-reactive ketones (excluding diaryl/α,β-unsaturated/α-hetero) is 1. The van der Waals surface area contributed by atoms with Crippen LogP contribution in [0.3, 0.4) is 0 Å². The van der Waals surface area contributed by atoms with Gasteiger partial charge in [-0.2, -0.15) is 0 Å². The second-order valence-electron chi connectivity index (χ2n) is 7.90. The van der Waals surface area contributed by atoms with Gasteiger partial charge in [0.1, 0.15) is 0 Å². The van der Waals surface area contributed by atoms with E-state index in [9.17, 15) is 14.4 Å². The maximum Gasteiger partial charge on any atom is 0.332 e. The number of nitrogens with zero attached hydrogens (tertiary/aromatic N) is 2. The third-order valence-electron chi connectivity index (χ3n) is 5.84. The van der Waals surface area contributed by atoms with Gasteiger partial charge in [-0.05, 0) is 49.7 Å². The van der Waals surface area contributed by atoms with E-state index < -0.39 is 5.97 Å². The van der Waals surface area contributed by atoms with Gasteiger partial charge in [0.25, 0.3) is 0 Å². The van der Waals surface area contributed by atoms with E-state index in [1.807, 2.05) is 61.5 Å². The summed E-state index contributed by atoms with van der Waals surface area (Å²) in [5.74, 6) is -0.884. The molecule has 0 saturated heterocycles. The van der Waals surface area contributed by atoms with Gasteiger partial charge in [0.05, 0.1) is 5.52 Å². The fourth-order valence-corrected chi connectivity index (χ4v) is 5.20. The monoisotopic (exact) mass is 456 g/mol. The molecule has 0 amide bonds. The third kappa shape index (κ3) is 3.45. The molecule has 0 radical (unpaired) electrons. The summed E-state index contributed by atoms with van der Waals surface area (Å²) in [6.07, 6.45) is 0. The van der Waals surface area contributed by atoms with Crippen LogP contribution >= 0.6 is 11.8 Å². The standard InChI is InChI=1S/C26H20N2O4S/c1-4-28-21-10-9-16(24(30)17-8-6-5-7-14(17)2)11-18(21)19-12-20-23(13-22(19)28)33-26(25(20)31)27-32-15(3)29/h5-13H,4H2,1-3H3/b27-26-. The maximum absolute atomic E-state index is 13.2. The molecule has 1 aliphatic rings. The van der Waals surface area contributed by atoms with E-state index >= 15 is 0 Å². The molecular formula is C26H20N2O4S. The second kappa shape index (κ2) is 8.01. The number of rotatable bonds is 4. The van der Waals surface area contributed by atoms with Crippen LogP contribution < -0.4 is 0 Å². The van der Waals surface area contributed by atoms with Gasteiger partial charge in [0, 0.05) is 51.3 Å². The van der Waals surface area contributed by atoms with Crippen LogP contribution in [0.15, 0.2) is 64.6 Å². The van der Waals surface area contributed by atoms with Crippen LogP contribution in [0, 0.1) is 6.92 Å². The Morgan fingerprint density at radius 1 is 1.03 bits per heavy atom. The summed E-state index contributed by atoms with van der Waals surface area (Å²) < 4.78 is 2.17. The Hall–Kier alpha value is -3.71. The molecule has 0 fully saturated rings. The minimum absolute atomic E-state index is 0.0315. The van der Waals surface area contributed by atoms with Gasteiger partial charge in [-0.1, -0.05) is 41.2 Å². The maximum atomic E-state index is 13.2. The quantitative estimate of drug-likeness (QED) is 0.230. The van der Waals surface area contributed by atoms with Gasteiger partial charge in [-0.25, -0.2) is 4.79 Å². The number of thioether (sulfide) groups is 1. The Morgan fingerprint density at radius 2 is 1.79 bits per heavy atom. The van der Waals surface area contributed by atoms with E-state index in [1.54, 1.807) is 0 Å². The summed E-state index contributed by atoms with van der Waals surface area (Å²) >= 11 is 1.19. The number of ketones is 2. The van der Waals surface area contributed by atoms with Crippen LogP contribution in [0.1, 0.15) is 45.7 Å². The zero-order valence-electron chi connectivity index (χ0n) is 18.3. The lowest BCUT2D eigenvalue weighted by Gasteiger charge is -2.06. The van der Waals surface area contributed by atoms with Crippen molar-refractivity contribution < 1.29 is 19.2 Å². The molecule has 0 unspecified atom stereocenters. The molecule has 0 bridgehead atoms. The van der Waals surface area contributed by atoms with Gasteiger partial charge in [0.2, 0.25) is 5.78 Å². The number of hydrogen-bond acceptors (Lipinski definition) is 6. The summed E-state index contributed by atoms with van der Waals surface area (Å²) in [6.45, 7) is 5.96. The van der Waals surface area contributed by atoms with Crippen molar-refractivity contribution in [1.82, 2.24) is 4.57 Å². The van der Waals surface area contributed by atoms with Gasteiger partial charge in [-0.15, -0.1) is 0 Å². The molecule has 0 spiro atoms. The molecule has 1 aliphatic heterocycles. The first-order valence-electron chi connectivity index (χ1n) is 10.6. The highest BCUT2D eigenvalue weighted by molar-refractivity contribution is 8.16. The Morgan fingerprint density at radius 3 is 2.52 bits per heavy atom. The minimum atomic E-state index is -0.578. The summed E-state index contributed by atoms with van der Waals surface area (Å²) in [5.41, 5.74) is 4.70. The van der Waals surface area contributed by atoms with Crippen LogP contribution in [-0.2, 0) is 16.2 Å². The zero-order chi connectivity index (χ0) is 23.3. The molecule has 0 aliphatic carbocycles. The first kappa shape index (κ1) is 21.2. The van der Waals surface area contributed by atoms with Crippen molar-refractivity contribution in [2.24, 2.45) is 5.16 Å². The third-order valence-corrected chi connectivity index (χ3v) is 6.85. The molecular weight excluding hydrogens is 436 g/mol. The van der Waals surface area contributed by atoms with Crippen LogP contribution in [0.25, 0.3) is 21.8 Å². The summed E-state index contributed by atoms with van der Waals surface area (Å²) in [6, 6.07) is 17.1. The average molecular weight is 457 g/mol. The molecule has 2 heterocycles. The number of oxime groups is 1. The van der Waals surface area contributed by atoms with Crippen molar-refractivity contribution in [1.29, 1.82) is 0 Å². The number of aromatic nitrogens is 1. The molecule has 0 saturated carbocycles. The number of aryl methyl sites for hydroxylation is 2. The van der Waals surface area contributed by atoms with Crippen molar-refractivity contribution in [3.63, 3.8) is 0 Å². The Balaban J connectivity index is 1.67. The molecule has 1 aromatic heterocycles. The van der Waals surface area contributed by atoms with Crippen LogP contribution in [-0.4, -0.2) is 27.1 Å². The Kier molecular flexibility index (Phi) is 5.13. The highest BCUT2D eigenvalue weighted by atomic mass is 32.2. The van der Waals surface area contributed by atoms with E-state index in [-0.39, 0.29) is 16.6 Å². The topological polar surface area (TPSA) is 77.7 Å². The number of carbonyl (C=O) groups excluding carboxylic acids is 3. The highest BCUT2D eigenvalue weighted by Gasteiger charge is 2.30. The van der Waals surface area contributed by atoms with Crippen molar-refractivity contribution >= 4 is 56.1 Å². The molecule has 3 aromatic carbocycles. The number of fused-ring (bicyclic) bond motifs is 4. The van der Waals surface area contributed by atoms with Crippen molar-refractivity contribution in [2.75, 3.05) is 0 Å². The van der Waals surface area contributed by atoms with Gasteiger partial charge >= 0.3 is 5.97 Å². The molecule has 4 aromatic rings. The predicted molar refractivity (Wildman–Crippen MR) is 129 cm³/mol. The molecule has 5 rings (SSSR count). The van der Waals surface area contributed by atoms with Crippen molar-refractivity contribution in [3.8, 4) is 0 Å². The lowest BCUT2D eigenvalue weighted by atomic mass is 9.97. The normalized spacial score (nSPS) is 14.3. The second-order valence-corrected chi connectivity index (χ2v) is 8.93. The number of hydrogen-bond donors (Lipinski definition) is 0. The fraction of sp³-hybridized carbons (Fsp3) is 0.154. The van der Waals surface area contributed by atoms with E-state index in [4.69, 9.17) is 0 Å². The van der Waals surface area contributed by atoms with Crippen molar-refractivity contribution in [2.45, 2.75) is 32.2 Å². The summed E-state index contributed by atoms with van der Waals surface area (Å²) in [7, 11) is 0. The molecule has 6 nitrogen and oxygen atoms in total. The molecule has 7 heteroatoms. The van der Waals surface area contributed by atoms with E-state index in [2.05, 4.69) is 21.5 Å². The van der Waals surface area contributed by atoms with Crippen molar-refractivity contribution in [3.05, 3.63) is 76.9 Å². The molecule has 33 heavy (non-hydrogen) atoms. The van der Waals surface area contributed by atoms with Gasteiger partial charge in [0.15, 0.2) is 10.8 Å². The Labute approximate surface area is 194 Å². The smallest absolute Gasteiger partial charge is 0.332 e. The summed E-state index contributed by atoms with van der Waals surface area (Å²) in [5, 5.41) is 5.65. The van der Waals surface area contributed by atoms with E-state index in [1.165, 1.54) is 18.7 Å². The Bertz CT molecular complexity index is 1530. The van der Waals surface area contributed by atoms with Crippen LogP contribution in [0.5, 0.6) is 0 Å². The highest BCUT2D eigenvalue weighted by Crippen LogP contribution is 2.40. The van der Waals surface area contributed by atoms with Gasteiger partial charge < -0.3 is 9.40 Å². The minimum Gasteiger partial charge on any atom is -0.341 e. The average Bonchev–Trinajstić information content (AvgIpc) is 3.29.